The second-order valence-electron chi connectivity index (χ2n) is 4.98. The lowest BCUT2D eigenvalue weighted by molar-refractivity contribution is -0.117. The first kappa shape index (κ1) is 16.3. The zero-order chi connectivity index (χ0) is 15.9. The molecular weight excluding hydrogens is 296 g/mol. The highest BCUT2D eigenvalue weighted by Crippen LogP contribution is 2.23. The highest BCUT2D eigenvalue weighted by molar-refractivity contribution is 7.15. The van der Waals surface area contributed by atoms with Gasteiger partial charge < -0.3 is 16.0 Å². The molecule has 3 N–H and O–H groups in total. The third-order valence-electron chi connectivity index (χ3n) is 3.37. The van der Waals surface area contributed by atoms with E-state index in [2.05, 4.69) is 29.0 Å². The van der Waals surface area contributed by atoms with Gasteiger partial charge in [-0.3, -0.25) is 4.79 Å². The molecule has 0 bridgehead atoms. The van der Waals surface area contributed by atoms with E-state index in [0.717, 1.165) is 36.0 Å². The first-order valence-corrected chi connectivity index (χ1v) is 8.24. The summed E-state index contributed by atoms with van der Waals surface area (Å²) >= 11 is 1.71. The van der Waals surface area contributed by atoms with Crippen LogP contribution in [0.3, 0.4) is 0 Å². The molecule has 5 nitrogen and oxygen atoms in total. The van der Waals surface area contributed by atoms with Gasteiger partial charge in [0.1, 0.15) is 0 Å². The van der Waals surface area contributed by atoms with E-state index in [9.17, 15) is 4.79 Å². The minimum absolute atomic E-state index is 0.280. The Morgan fingerprint density at radius 2 is 1.95 bits per heavy atom. The quantitative estimate of drug-likeness (QED) is 0.785. The first-order valence-electron chi connectivity index (χ1n) is 7.43. The average Bonchev–Trinajstić information content (AvgIpc) is 2.96. The smallest absolute Gasteiger partial charge is 0.221 e. The van der Waals surface area contributed by atoms with Crippen LogP contribution in [-0.4, -0.2) is 24.0 Å². The number of thiazole rings is 1. The van der Waals surface area contributed by atoms with Gasteiger partial charge in [-0.15, -0.1) is 11.3 Å². The van der Waals surface area contributed by atoms with Crippen LogP contribution in [0, 0.1) is 0 Å². The van der Waals surface area contributed by atoms with E-state index in [4.69, 9.17) is 5.73 Å². The molecule has 0 aliphatic rings. The van der Waals surface area contributed by atoms with Gasteiger partial charge in [0.15, 0.2) is 5.13 Å². The maximum absolute atomic E-state index is 10.9. The summed E-state index contributed by atoms with van der Waals surface area (Å²) in [6, 6.07) is 7.76. The number of benzene rings is 1. The molecule has 0 fully saturated rings. The fourth-order valence-corrected chi connectivity index (χ4v) is 3.13. The van der Waals surface area contributed by atoms with Crippen molar-refractivity contribution in [1.82, 2.24) is 4.98 Å². The molecule has 0 saturated carbocycles. The van der Waals surface area contributed by atoms with Crippen LogP contribution in [0.5, 0.6) is 0 Å². The zero-order valence-corrected chi connectivity index (χ0v) is 13.8. The monoisotopic (exact) mass is 318 g/mol. The van der Waals surface area contributed by atoms with Crippen LogP contribution in [0.4, 0.5) is 10.8 Å². The number of amides is 1. The molecule has 0 radical (unpaired) electrons. The second-order valence-corrected chi connectivity index (χ2v) is 6.07. The van der Waals surface area contributed by atoms with Crippen molar-refractivity contribution in [2.24, 2.45) is 5.73 Å². The van der Waals surface area contributed by atoms with Gasteiger partial charge in [-0.05, 0) is 31.5 Å². The minimum Gasteiger partial charge on any atom is -0.380 e. The summed E-state index contributed by atoms with van der Waals surface area (Å²) in [6.07, 6.45) is 2.20. The van der Waals surface area contributed by atoms with Crippen LogP contribution < -0.4 is 16.0 Å². The van der Waals surface area contributed by atoms with Crippen LogP contribution >= 0.6 is 11.3 Å². The van der Waals surface area contributed by atoms with Crippen LogP contribution in [0.15, 0.2) is 30.5 Å². The number of nitrogens with two attached hydrogens (primary N) is 1. The van der Waals surface area contributed by atoms with Crippen LogP contribution in [0.25, 0.3) is 0 Å². The van der Waals surface area contributed by atoms with Crippen LogP contribution in [-0.2, 0) is 17.8 Å². The van der Waals surface area contributed by atoms with E-state index in [1.165, 1.54) is 4.88 Å². The predicted molar refractivity (Wildman–Crippen MR) is 92.3 cm³/mol. The molecule has 0 atom stereocenters. The molecule has 0 spiro atoms. The number of aromatic nitrogens is 1. The molecule has 1 heterocycles. The molecule has 118 valence electrons. The van der Waals surface area contributed by atoms with Crippen molar-refractivity contribution in [2.45, 2.75) is 26.8 Å². The summed E-state index contributed by atoms with van der Waals surface area (Å²) in [7, 11) is 0. The summed E-state index contributed by atoms with van der Waals surface area (Å²) in [5.41, 5.74) is 7.13. The molecule has 2 aromatic rings. The molecule has 2 rings (SSSR count). The molecule has 1 aromatic heterocycles. The number of anilines is 2. The summed E-state index contributed by atoms with van der Waals surface area (Å²) in [4.78, 5) is 18.8. The van der Waals surface area contributed by atoms with Gasteiger partial charge in [-0.1, -0.05) is 12.1 Å². The zero-order valence-electron chi connectivity index (χ0n) is 13.0. The standard InChI is InChI=1S/C16H22N4OS/c1-3-20(4-2)16-19-11-14(22-16)10-18-13-7-5-12(6-8-13)9-15(17)21/h5-8,11,18H,3-4,9-10H2,1-2H3,(H2,17,21). The number of carbonyl (C=O) groups is 1. The molecule has 0 aliphatic heterocycles. The van der Waals surface area contributed by atoms with E-state index in [-0.39, 0.29) is 12.3 Å². The van der Waals surface area contributed by atoms with Gasteiger partial charge in [-0.25, -0.2) is 4.98 Å². The van der Waals surface area contributed by atoms with Gasteiger partial charge in [0.05, 0.1) is 13.0 Å². The van der Waals surface area contributed by atoms with Crippen LogP contribution in [0.1, 0.15) is 24.3 Å². The van der Waals surface area contributed by atoms with E-state index in [1.54, 1.807) is 11.3 Å². The lowest BCUT2D eigenvalue weighted by Gasteiger charge is -2.16. The van der Waals surface area contributed by atoms with Gasteiger partial charge in [0, 0.05) is 29.9 Å². The highest BCUT2D eigenvalue weighted by atomic mass is 32.1. The van der Waals surface area contributed by atoms with Crippen molar-refractivity contribution < 1.29 is 4.79 Å². The Balaban J connectivity index is 1.91. The Bertz CT molecular complexity index is 605. The normalized spacial score (nSPS) is 10.5. The average molecular weight is 318 g/mol. The highest BCUT2D eigenvalue weighted by Gasteiger charge is 2.07. The van der Waals surface area contributed by atoms with E-state index < -0.39 is 0 Å². The molecular formula is C16H22N4OS. The summed E-state index contributed by atoms with van der Waals surface area (Å²) < 4.78 is 0. The van der Waals surface area contributed by atoms with Crippen molar-refractivity contribution in [3.05, 3.63) is 40.9 Å². The van der Waals surface area contributed by atoms with Crippen molar-refractivity contribution in [3.8, 4) is 0 Å². The maximum atomic E-state index is 10.9. The van der Waals surface area contributed by atoms with E-state index in [1.807, 2.05) is 30.5 Å². The molecule has 1 amide bonds. The third kappa shape index (κ3) is 4.46. The topological polar surface area (TPSA) is 71.2 Å². The Kier molecular flexibility index (Phi) is 5.77. The lowest BCUT2D eigenvalue weighted by atomic mass is 10.1. The number of hydrogen-bond acceptors (Lipinski definition) is 5. The number of rotatable bonds is 8. The summed E-state index contributed by atoms with van der Waals surface area (Å²) in [5, 5.41) is 4.43. The molecule has 0 aliphatic carbocycles. The Morgan fingerprint density at radius 1 is 1.27 bits per heavy atom. The van der Waals surface area contributed by atoms with E-state index >= 15 is 0 Å². The molecule has 0 saturated heterocycles. The first-order chi connectivity index (χ1) is 10.6. The predicted octanol–water partition coefficient (Wildman–Crippen LogP) is 2.63. The fraction of sp³-hybridized carbons (Fsp3) is 0.375. The maximum Gasteiger partial charge on any atom is 0.221 e. The number of primary amides is 1. The second kappa shape index (κ2) is 7.79. The lowest BCUT2D eigenvalue weighted by Crippen LogP contribution is -2.21. The molecule has 6 heteroatoms. The van der Waals surface area contributed by atoms with Crippen molar-refractivity contribution in [2.75, 3.05) is 23.3 Å². The summed E-state index contributed by atoms with van der Waals surface area (Å²) in [6.45, 7) is 6.96. The van der Waals surface area contributed by atoms with Crippen LogP contribution in [0.2, 0.25) is 0 Å². The third-order valence-corrected chi connectivity index (χ3v) is 4.43. The Labute approximate surface area is 135 Å². The number of carbonyl (C=O) groups excluding carboxylic acids is 1. The number of hydrogen-bond donors (Lipinski definition) is 2. The van der Waals surface area contributed by atoms with E-state index in [0.29, 0.717) is 0 Å². The number of nitrogens with one attached hydrogen (secondary N) is 1. The SMILES string of the molecule is CCN(CC)c1ncc(CNc2ccc(CC(N)=O)cc2)s1. The van der Waals surface area contributed by atoms with Gasteiger partial charge in [0.25, 0.3) is 0 Å². The Hall–Kier alpha value is -2.08. The number of nitrogens with zero attached hydrogens (tertiary/aromatic N) is 2. The molecule has 0 unspecified atom stereocenters. The van der Waals surface area contributed by atoms with Gasteiger partial charge >= 0.3 is 0 Å². The van der Waals surface area contributed by atoms with Gasteiger partial charge in [-0.2, -0.15) is 0 Å². The van der Waals surface area contributed by atoms with Gasteiger partial charge in [0.2, 0.25) is 5.91 Å². The van der Waals surface area contributed by atoms with Crippen molar-refractivity contribution in [1.29, 1.82) is 0 Å². The van der Waals surface area contributed by atoms with Crippen molar-refractivity contribution >= 4 is 28.1 Å². The largest absolute Gasteiger partial charge is 0.380 e. The van der Waals surface area contributed by atoms with Crippen molar-refractivity contribution in [3.63, 3.8) is 0 Å². The molecule has 22 heavy (non-hydrogen) atoms. The Morgan fingerprint density at radius 3 is 2.55 bits per heavy atom. The summed E-state index contributed by atoms with van der Waals surface area (Å²) in [5.74, 6) is -0.311. The minimum atomic E-state index is -0.311. The fourth-order valence-electron chi connectivity index (χ4n) is 2.15. The molecule has 1 aromatic carbocycles.